The van der Waals surface area contributed by atoms with Gasteiger partial charge in [0.2, 0.25) is 5.91 Å². The molecule has 0 radical (unpaired) electrons. The number of aliphatic carboxylic acids is 1. The molecule has 4 aliphatic carbocycles. The molecule has 0 aromatic rings. The second-order valence-corrected chi connectivity index (χ2v) is 10.2. The number of methoxy groups -OCH3 is 2. The zero-order chi connectivity index (χ0) is 24.8. The molecule has 0 aromatic carbocycles. The van der Waals surface area contributed by atoms with E-state index in [0.717, 1.165) is 29.8 Å². The molecule has 10 heteroatoms. The second-order valence-electron chi connectivity index (χ2n) is 9.88. The fourth-order valence-electron chi connectivity index (χ4n) is 5.92. The van der Waals surface area contributed by atoms with Crippen LogP contribution < -0.4 is 5.73 Å². The summed E-state index contributed by atoms with van der Waals surface area (Å²) in [5.41, 5.74) is 6.62. The van der Waals surface area contributed by atoms with E-state index >= 15 is 0 Å². The molecule has 4 saturated carbocycles. The van der Waals surface area contributed by atoms with Crippen molar-refractivity contribution in [1.29, 1.82) is 0 Å². The molecule has 4 bridgehead atoms. The van der Waals surface area contributed by atoms with Crippen LogP contribution in [0.1, 0.15) is 58.3 Å². The molecule has 188 valence electrons. The third kappa shape index (κ3) is 7.60. The molecule has 4 aliphatic rings. The lowest BCUT2D eigenvalue weighted by molar-refractivity contribution is -0.158. The average molecular weight is 487 g/mol. The van der Waals surface area contributed by atoms with Crippen molar-refractivity contribution in [3.8, 4) is 0 Å². The predicted octanol–water partition coefficient (Wildman–Crippen LogP) is 1.87. The van der Waals surface area contributed by atoms with Gasteiger partial charge in [0, 0.05) is 23.6 Å². The van der Waals surface area contributed by atoms with Gasteiger partial charge in [-0.15, -0.1) is 0 Å². The molecule has 2 atom stereocenters. The lowest BCUT2D eigenvalue weighted by Gasteiger charge is -2.55. The molecule has 0 aromatic heterocycles. The lowest BCUT2D eigenvalue weighted by Crippen LogP contribution is -2.55. The number of nitrogens with zero attached hydrogens (tertiary/aromatic N) is 1. The van der Waals surface area contributed by atoms with Crippen LogP contribution >= 0.6 is 12.6 Å². The van der Waals surface area contributed by atoms with Crippen molar-refractivity contribution in [3.63, 3.8) is 0 Å². The van der Waals surface area contributed by atoms with Crippen molar-refractivity contribution >= 4 is 36.4 Å². The number of thiol groups is 1. The van der Waals surface area contributed by atoms with E-state index in [2.05, 4.69) is 22.1 Å². The first-order valence-electron chi connectivity index (χ1n) is 11.6. The number of carboxylic acid groups (broad SMARTS) is 1. The molecule has 0 heterocycles. The summed E-state index contributed by atoms with van der Waals surface area (Å²) in [5.74, 6) is -0.496. The van der Waals surface area contributed by atoms with Gasteiger partial charge in [0.05, 0.1) is 14.2 Å². The summed E-state index contributed by atoms with van der Waals surface area (Å²) in [5, 5.41) is 8.96. The van der Waals surface area contributed by atoms with Crippen molar-refractivity contribution in [1.82, 2.24) is 4.90 Å². The Morgan fingerprint density at radius 1 is 1.06 bits per heavy atom. The summed E-state index contributed by atoms with van der Waals surface area (Å²) in [6, 6.07) is -1.17. The second kappa shape index (κ2) is 12.1. The Balaban J connectivity index is 0.000000283. The maximum Gasteiger partial charge on any atom is 0.328 e. The molecule has 4 fully saturated rings. The van der Waals surface area contributed by atoms with Crippen LogP contribution in [0.3, 0.4) is 0 Å². The minimum absolute atomic E-state index is 0.0857. The topological polar surface area (TPSA) is 136 Å². The van der Waals surface area contributed by atoms with Crippen molar-refractivity contribution in [2.45, 2.75) is 69.9 Å². The van der Waals surface area contributed by atoms with Crippen LogP contribution in [0.4, 0.5) is 0 Å². The van der Waals surface area contributed by atoms with Gasteiger partial charge in [-0.1, -0.05) is 6.92 Å². The average Bonchev–Trinajstić information content (AvgIpc) is 2.75. The minimum Gasteiger partial charge on any atom is -0.480 e. The highest BCUT2D eigenvalue weighted by Crippen LogP contribution is 2.54. The van der Waals surface area contributed by atoms with Gasteiger partial charge in [0.15, 0.2) is 0 Å². The molecule has 0 saturated heterocycles. The maximum absolute atomic E-state index is 12.3. The predicted molar refractivity (Wildman–Crippen MR) is 125 cm³/mol. The molecule has 33 heavy (non-hydrogen) atoms. The first-order valence-corrected chi connectivity index (χ1v) is 12.2. The number of hydrogen-bond donors (Lipinski definition) is 3. The minimum atomic E-state index is -1.27. The summed E-state index contributed by atoms with van der Waals surface area (Å²) in [6.45, 7) is 0.900. The molecule has 9 nitrogen and oxygen atoms in total. The van der Waals surface area contributed by atoms with E-state index < -0.39 is 42.3 Å². The Morgan fingerprint density at radius 3 is 1.94 bits per heavy atom. The quantitative estimate of drug-likeness (QED) is 0.332. The molecule has 3 N–H and O–H groups in total. The third-order valence-corrected chi connectivity index (χ3v) is 7.62. The van der Waals surface area contributed by atoms with Crippen LogP contribution in [-0.2, 0) is 28.7 Å². The summed E-state index contributed by atoms with van der Waals surface area (Å²) in [4.78, 5) is 47.3. The van der Waals surface area contributed by atoms with Gasteiger partial charge in [-0.25, -0.2) is 4.79 Å². The van der Waals surface area contributed by atoms with Crippen LogP contribution in [-0.4, -0.2) is 71.9 Å². The van der Waals surface area contributed by atoms with Gasteiger partial charge in [0.1, 0.15) is 12.6 Å². The number of hydrogen-bond acceptors (Lipinski definition) is 8. The molecule has 0 spiro atoms. The van der Waals surface area contributed by atoms with Gasteiger partial charge >= 0.3 is 17.9 Å². The standard InChI is InChI=1S/C13H21NO7S.C10H17N/c1-8(7-22)12(18)14(6-10(15)16)9(13(19)21-3)4-5-11(17)20-2;11-10-4-7-1-8(5-10)3-9(2-7)6-10/h8-9,22H,4-7H2,1-3H3,(H,15,16);7-9H,1-6,11H2/t8?,9-;/m1./s1. The van der Waals surface area contributed by atoms with Gasteiger partial charge in [-0.05, 0) is 62.7 Å². The zero-order valence-corrected chi connectivity index (χ0v) is 20.7. The smallest absolute Gasteiger partial charge is 0.328 e. The van der Waals surface area contributed by atoms with Gasteiger partial charge < -0.3 is 25.2 Å². The van der Waals surface area contributed by atoms with E-state index in [-0.39, 0.29) is 18.6 Å². The number of nitrogens with two attached hydrogens (primary N) is 1. The molecular weight excluding hydrogens is 448 g/mol. The summed E-state index contributed by atoms with van der Waals surface area (Å²) in [6.07, 6.45) is 8.34. The SMILES string of the molecule is COC(=O)CC[C@H](C(=O)OC)N(CC(=O)O)C(=O)C(C)CS.NC12CC3CC(CC(C3)C1)C2. The molecule has 1 unspecified atom stereocenters. The molecule has 0 aliphatic heterocycles. The zero-order valence-electron chi connectivity index (χ0n) is 19.8. The van der Waals surface area contributed by atoms with Crippen LogP contribution in [0, 0.1) is 23.7 Å². The summed E-state index contributed by atoms with van der Waals surface area (Å²) < 4.78 is 9.09. The first kappa shape index (κ1) is 27.4. The van der Waals surface area contributed by atoms with Gasteiger partial charge in [-0.3, -0.25) is 14.4 Å². The fraction of sp³-hybridized carbons (Fsp3) is 0.826. The van der Waals surface area contributed by atoms with Crippen molar-refractivity contribution in [3.05, 3.63) is 0 Å². The van der Waals surface area contributed by atoms with E-state index in [4.69, 9.17) is 10.8 Å². The fourth-order valence-corrected chi connectivity index (χ4v) is 6.08. The number of esters is 2. The van der Waals surface area contributed by atoms with E-state index in [9.17, 15) is 19.2 Å². The number of amides is 1. The van der Waals surface area contributed by atoms with Crippen LogP contribution in [0.25, 0.3) is 0 Å². The van der Waals surface area contributed by atoms with Crippen LogP contribution in [0.2, 0.25) is 0 Å². The van der Waals surface area contributed by atoms with Crippen LogP contribution in [0.15, 0.2) is 0 Å². The first-order chi connectivity index (χ1) is 15.5. The van der Waals surface area contributed by atoms with E-state index in [1.165, 1.54) is 45.6 Å². The number of carboxylic acids is 1. The maximum atomic E-state index is 12.3. The number of ether oxygens (including phenoxy) is 2. The Labute approximate surface area is 201 Å². The highest BCUT2D eigenvalue weighted by molar-refractivity contribution is 7.80. The molecular formula is C23H38N2O7S. The number of rotatable bonds is 9. The normalized spacial score (nSPS) is 28.7. The third-order valence-electron chi connectivity index (χ3n) is 7.07. The largest absolute Gasteiger partial charge is 0.480 e. The summed E-state index contributed by atoms with van der Waals surface area (Å²) >= 11 is 4.00. The Morgan fingerprint density at radius 2 is 1.58 bits per heavy atom. The highest BCUT2D eigenvalue weighted by atomic mass is 32.1. The number of carbonyl (C=O) groups is 4. The Hall–Kier alpha value is -1.81. The van der Waals surface area contributed by atoms with Gasteiger partial charge in [0.25, 0.3) is 0 Å². The van der Waals surface area contributed by atoms with E-state index in [1.54, 1.807) is 6.92 Å². The Kier molecular flexibility index (Phi) is 10.0. The monoisotopic (exact) mass is 486 g/mol. The summed E-state index contributed by atoms with van der Waals surface area (Å²) in [7, 11) is 2.32. The Bertz CT molecular complexity index is 694. The van der Waals surface area contributed by atoms with E-state index in [1.807, 2.05) is 0 Å². The highest BCUT2D eigenvalue weighted by Gasteiger charge is 2.48. The van der Waals surface area contributed by atoms with Crippen molar-refractivity contribution in [2.24, 2.45) is 29.4 Å². The van der Waals surface area contributed by atoms with Gasteiger partial charge in [-0.2, -0.15) is 12.6 Å². The lowest BCUT2D eigenvalue weighted by atomic mass is 9.53. The van der Waals surface area contributed by atoms with Crippen molar-refractivity contribution < 1.29 is 33.8 Å². The number of carbonyl (C=O) groups excluding carboxylic acids is 3. The van der Waals surface area contributed by atoms with Crippen molar-refractivity contribution in [2.75, 3.05) is 26.5 Å². The van der Waals surface area contributed by atoms with E-state index in [0.29, 0.717) is 5.54 Å². The molecule has 4 rings (SSSR count). The van der Waals surface area contributed by atoms with Crippen LogP contribution in [0.5, 0.6) is 0 Å². The molecule has 1 amide bonds.